The van der Waals surface area contributed by atoms with E-state index in [9.17, 15) is 28.9 Å². The van der Waals surface area contributed by atoms with Gasteiger partial charge in [0.25, 0.3) is 0 Å². The van der Waals surface area contributed by atoms with Gasteiger partial charge in [0.1, 0.15) is 12.7 Å². The zero-order valence-corrected chi connectivity index (χ0v) is 44.8. The monoisotopic (exact) mass is 1000 g/mol. The van der Waals surface area contributed by atoms with Crippen molar-refractivity contribution in [3.8, 4) is 0 Å². The first kappa shape index (κ1) is 66.4. The van der Waals surface area contributed by atoms with E-state index in [2.05, 4.69) is 93.7 Å². The molecule has 0 aromatic rings. The third-order valence-corrected chi connectivity index (χ3v) is 12.0. The standard InChI is InChI=1S/C58H97O11P/c1-4-7-10-13-16-19-22-25-27-30-33-36-39-42-45-48-57(61)68-54(50-59)52-66-70(63,64)67-53-55(51-65-56(60)47-44-41-38-35-32-29-24-21-18-15-12-9-6-3)69-58(62)49-46-43-40-37-34-31-28-26-23-20-17-14-11-8-5-2/h8-9,11-12,17-18,20-21,26,28-29,32,34,37,43,46,54-55,59H,4-7,10,13-16,19,22-25,27,30-31,33,35-36,38-42,44-45,47-53H2,1-3H3,(H,63,64)/b11-8-,12-9-,20-17-,21-18-,28-26-,32-29-,37-34-,46-43-. The number of phosphoric acid groups is 1. The zero-order chi connectivity index (χ0) is 51.3. The summed E-state index contributed by atoms with van der Waals surface area (Å²) >= 11 is 0. The molecule has 0 aliphatic carbocycles. The molecule has 11 nitrogen and oxygen atoms in total. The molecule has 0 radical (unpaired) electrons. The Morgan fingerprint density at radius 2 is 0.800 bits per heavy atom. The van der Waals surface area contributed by atoms with Crippen LogP contribution >= 0.6 is 7.82 Å². The molecule has 400 valence electrons. The summed E-state index contributed by atoms with van der Waals surface area (Å²) in [6, 6.07) is 0. The van der Waals surface area contributed by atoms with Gasteiger partial charge in [0.15, 0.2) is 6.10 Å². The quantitative estimate of drug-likeness (QED) is 0.0197. The number of aliphatic hydroxyl groups excluding tert-OH is 1. The lowest BCUT2D eigenvalue weighted by Crippen LogP contribution is -2.30. The molecule has 3 atom stereocenters. The maximum atomic E-state index is 12.9. The highest BCUT2D eigenvalue weighted by Crippen LogP contribution is 2.43. The predicted molar refractivity (Wildman–Crippen MR) is 288 cm³/mol. The van der Waals surface area contributed by atoms with E-state index in [0.717, 1.165) is 83.5 Å². The lowest BCUT2D eigenvalue weighted by Gasteiger charge is -2.21. The maximum absolute atomic E-state index is 12.9. The number of rotatable bonds is 49. The molecule has 0 fully saturated rings. The number of hydrogen-bond donors (Lipinski definition) is 2. The largest absolute Gasteiger partial charge is 0.472 e. The molecule has 3 unspecified atom stereocenters. The number of aliphatic hydroxyl groups is 1. The molecule has 0 saturated heterocycles. The van der Waals surface area contributed by atoms with Crippen molar-refractivity contribution < 1.29 is 52.2 Å². The molecule has 0 heterocycles. The highest BCUT2D eigenvalue weighted by atomic mass is 31.2. The van der Waals surface area contributed by atoms with Crippen molar-refractivity contribution in [1.29, 1.82) is 0 Å². The third kappa shape index (κ3) is 49.4. The summed E-state index contributed by atoms with van der Waals surface area (Å²) in [6.45, 7) is 4.26. The highest BCUT2D eigenvalue weighted by molar-refractivity contribution is 7.47. The number of unbranched alkanes of at least 4 members (excludes halogenated alkanes) is 17. The Balaban J connectivity index is 4.85. The van der Waals surface area contributed by atoms with Crippen LogP contribution in [-0.2, 0) is 42.2 Å². The highest BCUT2D eigenvalue weighted by Gasteiger charge is 2.28. The lowest BCUT2D eigenvalue weighted by molar-refractivity contribution is -0.160. The van der Waals surface area contributed by atoms with E-state index in [1.165, 1.54) is 70.6 Å². The van der Waals surface area contributed by atoms with Crippen molar-refractivity contribution in [3.63, 3.8) is 0 Å². The number of carbonyl (C=O) groups excluding carboxylic acids is 3. The molecule has 0 aliphatic heterocycles. The van der Waals surface area contributed by atoms with Gasteiger partial charge in [-0.3, -0.25) is 23.4 Å². The second-order valence-electron chi connectivity index (χ2n) is 17.7. The summed E-state index contributed by atoms with van der Waals surface area (Å²) in [5, 5.41) is 9.79. The number of hydrogen-bond acceptors (Lipinski definition) is 10. The van der Waals surface area contributed by atoms with Crippen LogP contribution in [0.2, 0.25) is 0 Å². The molecule has 0 rings (SSSR count). The van der Waals surface area contributed by atoms with E-state index in [-0.39, 0.29) is 19.3 Å². The Hall–Kier alpha value is -3.60. The number of carbonyl (C=O) groups is 3. The molecule has 0 amide bonds. The Morgan fingerprint density at radius 3 is 1.26 bits per heavy atom. The maximum Gasteiger partial charge on any atom is 0.472 e. The predicted octanol–water partition coefficient (Wildman–Crippen LogP) is 15.7. The Kier molecular flexibility index (Phi) is 49.1. The van der Waals surface area contributed by atoms with Crippen molar-refractivity contribution in [2.75, 3.05) is 26.4 Å². The van der Waals surface area contributed by atoms with Crippen LogP contribution in [0.25, 0.3) is 0 Å². The molecule has 0 spiro atoms. The normalized spacial score (nSPS) is 14.2. The van der Waals surface area contributed by atoms with Crippen LogP contribution < -0.4 is 0 Å². The van der Waals surface area contributed by atoms with Crippen LogP contribution in [0.5, 0.6) is 0 Å². The van der Waals surface area contributed by atoms with Crippen LogP contribution in [-0.4, -0.2) is 66.5 Å². The van der Waals surface area contributed by atoms with Gasteiger partial charge >= 0.3 is 25.7 Å². The smallest absolute Gasteiger partial charge is 0.462 e. The van der Waals surface area contributed by atoms with E-state index in [1.54, 1.807) is 6.08 Å². The number of allylic oxidation sites excluding steroid dienone is 15. The molecule has 70 heavy (non-hydrogen) atoms. The van der Waals surface area contributed by atoms with Crippen molar-refractivity contribution in [1.82, 2.24) is 0 Å². The van der Waals surface area contributed by atoms with Gasteiger partial charge < -0.3 is 24.2 Å². The van der Waals surface area contributed by atoms with Crippen molar-refractivity contribution in [2.45, 2.75) is 226 Å². The van der Waals surface area contributed by atoms with E-state index in [0.29, 0.717) is 19.3 Å². The summed E-state index contributed by atoms with van der Waals surface area (Å²) in [6.07, 6.45) is 59.8. The topological polar surface area (TPSA) is 155 Å². The Labute approximate surface area is 425 Å². The second kappa shape index (κ2) is 51.7. The van der Waals surface area contributed by atoms with Gasteiger partial charge in [0.2, 0.25) is 0 Å². The molecular weight excluding hydrogens is 904 g/mol. The fourth-order valence-corrected chi connectivity index (χ4v) is 7.76. The number of ether oxygens (including phenoxy) is 3. The summed E-state index contributed by atoms with van der Waals surface area (Å²) in [4.78, 5) is 48.3. The summed E-state index contributed by atoms with van der Waals surface area (Å²) in [5.74, 6) is -1.66. The Bertz CT molecular complexity index is 1540. The Morgan fingerprint density at radius 1 is 0.429 bits per heavy atom. The average molecular weight is 1000 g/mol. The molecular formula is C58H97O11P. The summed E-state index contributed by atoms with van der Waals surface area (Å²) in [5.41, 5.74) is 0. The first-order valence-electron chi connectivity index (χ1n) is 27.1. The lowest BCUT2D eigenvalue weighted by atomic mass is 10.0. The van der Waals surface area contributed by atoms with E-state index >= 15 is 0 Å². The van der Waals surface area contributed by atoms with Gasteiger partial charge in [0.05, 0.1) is 26.2 Å². The third-order valence-electron chi connectivity index (χ3n) is 11.0. The SMILES string of the molecule is CC/C=C\C/C=C\C/C=C\C/C=C\C/C=C\CC(=O)OC(COC(=O)CCCCC/C=C\C/C=C\C/C=C\CC)COP(=O)(O)OCC(CO)OC(=O)CCCCCCCCCCCCCCCCC. The number of esters is 3. The van der Waals surface area contributed by atoms with Crippen LogP contribution in [0.3, 0.4) is 0 Å². The molecule has 12 heteroatoms. The number of phosphoric ester groups is 1. The van der Waals surface area contributed by atoms with Crippen LogP contribution in [0.15, 0.2) is 97.2 Å². The summed E-state index contributed by atoms with van der Waals surface area (Å²) < 4.78 is 39.2. The molecule has 0 aliphatic rings. The fraction of sp³-hybridized carbons (Fsp3) is 0.672. The van der Waals surface area contributed by atoms with Gasteiger partial charge in [-0.15, -0.1) is 0 Å². The minimum absolute atomic E-state index is 0.0742. The van der Waals surface area contributed by atoms with Crippen LogP contribution in [0.1, 0.15) is 213 Å². The molecule has 0 aromatic heterocycles. The second-order valence-corrected chi connectivity index (χ2v) is 19.1. The van der Waals surface area contributed by atoms with Gasteiger partial charge in [-0.1, -0.05) is 214 Å². The minimum Gasteiger partial charge on any atom is -0.462 e. The zero-order valence-electron chi connectivity index (χ0n) is 43.9. The fourth-order valence-electron chi connectivity index (χ4n) is 6.97. The van der Waals surface area contributed by atoms with Crippen LogP contribution in [0.4, 0.5) is 0 Å². The van der Waals surface area contributed by atoms with Crippen LogP contribution in [0, 0.1) is 0 Å². The van der Waals surface area contributed by atoms with Crippen molar-refractivity contribution >= 4 is 25.7 Å². The van der Waals surface area contributed by atoms with Gasteiger partial charge in [-0.25, -0.2) is 4.57 Å². The molecule has 0 saturated carbocycles. The first-order valence-corrected chi connectivity index (χ1v) is 28.6. The summed E-state index contributed by atoms with van der Waals surface area (Å²) in [7, 11) is -4.78. The van der Waals surface area contributed by atoms with E-state index < -0.39 is 64.4 Å². The molecule has 0 bridgehead atoms. The van der Waals surface area contributed by atoms with Crippen molar-refractivity contribution in [3.05, 3.63) is 97.2 Å². The van der Waals surface area contributed by atoms with Crippen molar-refractivity contribution in [2.24, 2.45) is 0 Å². The minimum atomic E-state index is -4.78. The van der Waals surface area contributed by atoms with Gasteiger partial charge in [-0.2, -0.15) is 0 Å². The molecule has 2 N–H and O–H groups in total. The van der Waals surface area contributed by atoms with Gasteiger partial charge in [0, 0.05) is 12.8 Å². The van der Waals surface area contributed by atoms with E-state index in [4.69, 9.17) is 23.3 Å². The molecule has 0 aromatic carbocycles. The van der Waals surface area contributed by atoms with Gasteiger partial charge in [-0.05, 0) is 77.0 Å². The first-order chi connectivity index (χ1) is 34.2. The van der Waals surface area contributed by atoms with E-state index in [1.807, 2.05) is 18.2 Å². The average Bonchev–Trinajstić information content (AvgIpc) is 3.35.